The first-order valence-electron chi connectivity index (χ1n) is 11.8. The van der Waals surface area contributed by atoms with Gasteiger partial charge in [-0.15, -0.1) is 0 Å². The molecule has 0 aromatic carbocycles. The summed E-state index contributed by atoms with van der Waals surface area (Å²) in [5.74, 6) is -0.329. The van der Waals surface area contributed by atoms with E-state index in [0.29, 0.717) is 25.0 Å². The van der Waals surface area contributed by atoms with Crippen LogP contribution in [-0.2, 0) is 11.0 Å². The molecule has 182 valence electrons. The van der Waals surface area contributed by atoms with Gasteiger partial charge in [0.2, 0.25) is 5.91 Å². The number of aromatic nitrogens is 1. The maximum atomic E-state index is 12.9. The number of rotatable bonds is 6. The number of hydrogen-bond donors (Lipinski definition) is 1. The topological polar surface area (TPSA) is 68.8 Å². The minimum atomic E-state index is -4.52. The third-order valence-electron chi connectivity index (χ3n) is 7.36. The highest BCUT2D eigenvalue weighted by molar-refractivity contribution is 5.93. The maximum Gasteiger partial charge on any atom is 0.416 e. The first-order valence-corrected chi connectivity index (χ1v) is 11.8. The third kappa shape index (κ3) is 5.77. The molecule has 1 saturated carbocycles. The maximum absolute atomic E-state index is 12.9. The van der Waals surface area contributed by atoms with Gasteiger partial charge >= 0.3 is 12.2 Å². The van der Waals surface area contributed by atoms with E-state index in [4.69, 9.17) is 0 Å². The molecule has 1 aromatic rings. The molecule has 3 heterocycles. The number of unbranched alkanes of at least 4 members (excludes halogenated alkanes) is 1. The summed E-state index contributed by atoms with van der Waals surface area (Å²) in [6.45, 7) is 6.48. The molecule has 3 fully saturated rings. The molecule has 3 aliphatic rings. The van der Waals surface area contributed by atoms with E-state index >= 15 is 0 Å². The molecule has 10 heteroatoms. The Morgan fingerprint density at radius 3 is 2.48 bits per heavy atom. The van der Waals surface area contributed by atoms with Crippen molar-refractivity contribution in [2.75, 3.05) is 44.6 Å². The normalized spacial score (nSPS) is 23.2. The summed E-state index contributed by atoms with van der Waals surface area (Å²) in [7, 11) is 0. The highest BCUT2D eigenvalue weighted by Gasteiger charge is 2.44. The molecular weight excluding hydrogens is 435 g/mol. The van der Waals surface area contributed by atoms with Gasteiger partial charge in [0.25, 0.3) is 0 Å². The van der Waals surface area contributed by atoms with Crippen LogP contribution in [-0.4, -0.2) is 76.9 Å². The summed E-state index contributed by atoms with van der Waals surface area (Å²) in [5.41, 5.74) is -0.208. The number of amides is 3. The number of hydrogen-bond acceptors (Lipinski definition) is 4. The quantitative estimate of drug-likeness (QED) is 0.646. The summed E-state index contributed by atoms with van der Waals surface area (Å²) in [4.78, 5) is 34.8. The summed E-state index contributed by atoms with van der Waals surface area (Å²) in [6.07, 6.45) is 3.88. The van der Waals surface area contributed by atoms with E-state index in [-0.39, 0.29) is 11.7 Å². The number of likely N-dealkylation sites (tertiary alicyclic amines) is 1. The van der Waals surface area contributed by atoms with Crippen molar-refractivity contribution in [2.45, 2.75) is 57.7 Å². The average molecular weight is 468 g/mol. The van der Waals surface area contributed by atoms with E-state index < -0.39 is 23.8 Å². The van der Waals surface area contributed by atoms with Gasteiger partial charge in [-0.25, -0.2) is 9.78 Å². The van der Waals surface area contributed by atoms with Crippen LogP contribution < -0.4 is 5.32 Å². The van der Waals surface area contributed by atoms with Crippen molar-refractivity contribution in [3.63, 3.8) is 0 Å². The standard InChI is InChI=1S/C23H32F3N5O2/c1-17-20(32)30(11-3-2-10-29-12-7-22(5-6-22)8-13-29)14-15-31(17)21(33)28-19-16-18(4-9-27-19)23(24,25)26/h4,9,16-17H,2-3,5-8,10-15H2,1H3,(H,27,28,33). The SMILES string of the molecule is CC1C(=O)N(CCCCN2CCC3(CC2)CC3)CCN1C(=O)Nc1cc(C(F)(F)F)ccn1. The number of nitrogens with zero attached hydrogens (tertiary/aromatic N) is 4. The van der Waals surface area contributed by atoms with Gasteiger partial charge in [0.15, 0.2) is 0 Å². The van der Waals surface area contributed by atoms with Crippen molar-refractivity contribution >= 4 is 17.8 Å². The Bertz CT molecular complexity index is 864. The number of piperazine rings is 1. The van der Waals surface area contributed by atoms with E-state index in [1.54, 1.807) is 11.8 Å². The van der Waals surface area contributed by atoms with Crippen molar-refractivity contribution in [1.82, 2.24) is 19.7 Å². The Morgan fingerprint density at radius 1 is 1.12 bits per heavy atom. The largest absolute Gasteiger partial charge is 0.416 e. The molecule has 33 heavy (non-hydrogen) atoms. The van der Waals surface area contributed by atoms with Crippen LogP contribution in [0.15, 0.2) is 18.3 Å². The van der Waals surface area contributed by atoms with Gasteiger partial charge in [-0.3, -0.25) is 10.1 Å². The molecule has 0 bridgehead atoms. The Hall–Kier alpha value is -2.36. The zero-order valence-electron chi connectivity index (χ0n) is 19.0. The molecule has 1 unspecified atom stereocenters. The van der Waals surface area contributed by atoms with Crippen LogP contribution >= 0.6 is 0 Å². The second-order valence-corrected chi connectivity index (χ2v) is 9.60. The Balaban J connectivity index is 1.20. The number of nitrogens with one attached hydrogen (secondary N) is 1. The fourth-order valence-electron chi connectivity index (χ4n) is 4.85. The zero-order valence-corrected chi connectivity index (χ0v) is 19.0. The van der Waals surface area contributed by atoms with Crippen LogP contribution in [0.2, 0.25) is 0 Å². The third-order valence-corrected chi connectivity index (χ3v) is 7.36. The van der Waals surface area contributed by atoms with Crippen molar-refractivity contribution in [3.8, 4) is 0 Å². The van der Waals surface area contributed by atoms with Gasteiger partial charge in [0.1, 0.15) is 11.9 Å². The van der Waals surface area contributed by atoms with Gasteiger partial charge < -0.3 is 14.7 Å². The van der Waals surface area contributed by atoms with E-state index in [9.17, 15) is 22.8 Å². The van der Waals surface area contributed by atoms with Crippen LogP contribution in [0.1, 0.15) is 51.0 Å². The predicted molar refractivity (Wildman–Crippen MR) is 118 cm³/mol. The fraction of sp³-hybridized carbons (Fsp3) is 0.696. The molecule has 1 N–H and O–H groups in total. The number of halogens is 3. The predicted octanol–water partition coefficient (Wildman–Crippen LogP) is 3.82. The van der Waals surface area contributed by atoms with Crippen LogP contribution in [0.5, 0.6) is 0 Å². The summed E-state index contributed by atoms with van der Waals surface area (Å²) < 4.78 is 38.6. The highest BCUT2D eigenvalue weighted by Crippen LogP contribution is 2.53. The van der Waals surface area contributed by atoms with Gasteiger partial charge in [0.05, 0.1) is 5.56 Å². The second-order valence-electron chi connectivity index (χ2n) is 9.60. The lowest BCUT2D eigenvalue weighted by Crippen LogP contribution is -2.58. The van der Waals surface area contributed by atoms with E-state index in [0.717, 1.165) is 37.7 Å². The molecule has 1 aliphatic carbocycles. The summed E-state index contributed by atoms with van der Waals surface area (Å²) in [6, 6.07) is 0.324. The highest BCUT2D eigenvalue weighted by atomic mass is 19.4. The molecule has 1 atom stereocenters. The van der Waals surface area contributed by atoms with Crippen molar-refractivity contribution in [1.29, 1.82) is 0 Å². The fourth-order valence-corrected chi connectivity index (χ4v) is 4.85. The minimum absolute atomic E-state index is 0.137. The molecule has 3 amide bonds. The number of pyridine rings is 1. The first-order chi connectivity index (χ1) is 15.7. The number of carbonyl (C=O) groups is 2. The summed E-state index contributed by atoms with van der Waals surface area (Å²) in [5, 5.41) is 2.39. The van der Waals surface area contributed by atoms with E-state index in [2.05, 4.69) is 15.2 Å². The Kier molecular flexibility index (Phi) is 6.83. The van der Waals surface area contributed by atoms with E-state index in [1.165, 1.54) is 43.7 Å². The van der Waals surface area contributed by atoms with Crippen LogP contribution in [0.3, 0.4) is 0 Å². The minimum Gasteiger partial charge on any atom is -0.339 e. The van der Waals surface area contributed by atoms with Crippen molar-refractivity contribution < 1.29 is 22.8 Å². The van der Waals surface area contributed by atoms with Gasteiger partial charge in [0, 0.05) is 25.8 Å². The lowest BCUT2D eigenvalue weighted by Gasteiger charge is -2.39. The molecule has 0 radical (unpaired) electrons. The van der Waals surface area contributed by atoms with Crippen LogP contribution in [0.4, 0.5) is 23.8 Å². The van der Waals surface area contributed by atoms with Gasteiger partial charge in [-0.1, -0.05) is 0 Å². The number of anilines is 1. The molecular formula is C23H32F3N5O2. The van der Waals surface area contributed by atoms with Crippen LogP contribution in [0, 0.1) is 5.41 Å². The summed E-state index contributed by atoms with van der Waals surface area (Å²) >= 11 is 0. The van der Waals surface area contributed by atoms with Crippen LogP contribution in [0.25, 0.3) is 0 Å². The number of piperidine rings is 1. The number of carbonyl (C=O) groups excluding carboxylic acids is 2. The lowest BCUT2D eigenvalue weighted by molar-refractivity contribution is -0.139. The Morgan fingerprint density at radius 2 is 1.82 bits per heavy atom. The molecule has 7 nitrogen and oxygen atoms in total. The number of alkyl halides is 3. The zero-order chi connectivity index (χ0) is 23.6. The molecule has 4 rings (SSSR count). The molecule has 2 aliphatic heterocycles. The molecule has 1 spiro atoms. The second kappa shape index (κ2) is 9.48. The Labute approximate surface area is 192 Å². The monoisotopic (exact) mass is 467 g/mol. The molecule has 2 saturated heterocycles. The van der Waals surface area contributed by atoms with Crippen molar-refractivity contribution in [2.24, 2.45) is 5.41 Å². The van der Waals surface area contributed by atoms with E-state index in [1.807, 2.05) is 0 Å². The smallest absolute Gasteiger partial charge is 0.339 e. The average Bonchev–Trinajstić information content (AvgIpc) is 3.54. The van der Waals surface area contributed by atoms with Gasteiger partial charge in [-0.2, -0.15) is 13.2 Å². The lowest BCUT2D eigenvalue weighted by atomic mass is 9.93. The number of urea groups is 1. The molecule has 1 aromatic heterocycles. The van der Waals surface area contributed by atoms with Crippen molar-refractivity contribution in [3.05, 3.63) is 23.9 Å². The first kappa shape index (κ1) is 23.8. The van der Waals surface area contributed by atoms with Gasteiger partial charge in [-0.05, 0) is 82.6 Å².